The number of rotatable bonds is 4. The van der Waals surface area contributed by atoms with Gasteiger partial charge in [0.1, 0.15) is 0 Å². The fourth-order valence-corrected chi connectivity index (χ4v) is 3.07. The molecule has 2 aliphatic heterocycles. The number of carbonyl (C=O) groups is 2. The molecule has 1 atom stereocenters. The van der Waals surface area contributed by atoms with Crippen LogP contribution in [0, 0.1) is 5.92 Å². The lowest BCUT2D eigenvalue weighted by atomic mass is 9.95. The van der Waals surface area contributed by atoms with Gasteiger partial charge in [0.25, 0.3) is 0 Å². The first-order valence-corrected chi connectivity index (χ1v) is 7.48. The smallest absolute Gasteiger partial charge is 0.227 e. The number of nitrogens with one attached hydrogen (secondary N) is 1. The van der Waals surface area contributed by atoms with Gasteiger partial charge in [-0.15, -0.1) is 0 Å². The summed E-state index contributed by atoms with van der Waals surface area (Å²) in [6.07, 6.45) is 2.97. The van der Waals surface area contributed by atoms with Crippen molar-refractivity contribution in [2.24, 2.45) is 5.92 Å². The first-order valence-electron chi connectivity index (χ1n) is 7.48. The lowest BCUT2D eigenvalue weighted by Crippen LogP contribution is -2.52. The Kier molecular flexibility index (Phi) is 5.37. The monoisotopic (exact) mass is 283 g/mol. The minimum atomic E-state index is -0.126. The minimum Gasteiger partial charge on any atom is -0.395 e. The van der Waals surface area contributed by atoms with Gasteiger partial charge in [-0.1, -0.05) is 0 Å². The van der Waals surface area contributed by atoms with Gasteiger partial charge in [0, 0.05) is 25.6 Å². The van der Waals surface area contributed by atoms with E-state index in [1.54, 1.807) is 0 Å². The Morgan fingerprint density at radius 2 is 2.10 bits per heavy atom. The predicted octanol–water partition coefficient (Wildman–Crippen LogP) is -0.572. The number of hydrogen-bond donors (Lipinski definition) is 2. The largest absolute Gasteiger partial charge is 0.395 e. The normalized spacial score (nSPS) is 25.3. The summed E-state index contributed by atoms with van der Waals surface area (Å²) in [6, 6.07) is 0.225. The number of piperidine rings is 2. The van der Waals surface area contributed by atoms with Crippen LogP contribution in [0.5, 0.6) is 0 Å². The molecule has 114 valence electrons. The van der Waals surface area contributed by atoms with Crippen LogP contribution in [0.2, 0.25) is 0 Å². The number of nitrogens with zero attached hydrogens (tertiary/aromatic N) is 2. The van der Waals surface area contributed by atoms with Crippen molar-refractivity contribution in [3.63, 3.8) is 0 Å². The molecule has 20 heavy (non-hydrogen) atoms. The standard InChI is InChI=1S/C14H25N3O3/c1-16-6-4-12(5-7-16)17(8-9-18)14(20)11-2-3-13(19)15-10-11/h11-12,18H,2-10H2,1H3,(H,15,19). The Labute approximate surface area is 120 Å². The topological polar surface area (TPSA) is 72.9 Å². The molecule has 6 nitrogen and oxygen atoms in total. The molecule has 0 bridgehead atoms. The van der Waals surface area contributed by atoms with Crippen LogP contribution in [0.25, 0.3) is 0 Å². The maximum Gasteiger partial charge on any atom is 0.227 e. The Morgan fingerprint density at radius 1 is 1.40 bits per heavy atom. The molecule has 0 aromatic heterocycles. The van der Waals surface area contributed by atoms with Gasteiger partial charge in [-0.3, -0.25) is 9.59 Å². The van der Waals surface area contributed by atoms with Gasteiger partial charge in [-0.05, 0) is 39.4 Å². The van der Waals surface area contributed by atoms with E-state index in [-0.39, 0.29) is 30.4 Å². The molecule has 2 saturated heterocycles. The summed E-state index contributed by atoms with van der Waals surface area (Å²) in [4.78, 5) is 27.9. The molecular formula is C14H25N3O3. The van der Waals surface area contributed by atoms with Crippen LogP contribution in [-0.2, 0) is 9.59 Å². The molecule has 0 spiro atoms. The van der Waals surface area contributed by atoms with E-state index in [0.717, 1.165) is 25.9 Å². The average molecular weight is 283 g/mol. The van der Waals surface area contributed by atoms with Crippen molar-refractivity contribution in [1.29, 1.82) is 0 Å². The third-order valence-corrected chi connectivity index (χ3v) is 4.37. The van der Waals surface area contributed by atoms with E-state index < -0.39 is 0 Å². The summed E-state index contributed by atoms with van der Waals surface area (Å²) in [6.45, 7) is 2.81. The van der Waals surface area contributed by atoms with Gasteiger partial charge in [0.15, 0.2) is 0 Å². The van der Waals surface area contributed by atoms with Crippen molar-refractivity contribution in [1.82, 2.24) is 15.1 Å². The van der Waals surface area contributed by atoms with Gasteiger partial charge in [0.05, 0.1) is 12.5 Å². The van der Waals surface area contributed by atoms with Crippen LogP contribution in [-0.4, -0.2) is 72.6 Å². The Morgan fingerprint density at radius 3 is 2.65 bits per heavy atom. The number of carbonyl (C=O) groups excluding carboxylic acids is 2. The molecule has 2 fully saturated rings. The van der Waals surface area contributed by atoms with Crippen molar-refractivity contribution in [3.8, 4) is 0 Å². The van der Waals surface area contributed by atoms with Crippen molar-refractivity contribution < 1.29 is 14.7 Å². The first kappa shape index (κ1) is 15.3. The fourth-order valence-electron chi connectivity index (χ4n) is 3.07. The van der Waals surface area contributed by atoms with Crippen LogP contribution >= 0.6 is 0 Å². The summed E-state index contributed by atoms with van der Waals surface area (Å²) in [5, 5.41) is 12.0. The summed E-state index contributed by atoms with van der Waals surface area (Å²) in [7, 11) is 2.09. The van der Waals surface area contributed by atoms with Gasteiger partial charge >= 0.3 is 0 Å². The summed E-state index contributed by atoms with van der Waals surface area (Å²) >= 11 is 0. The minimum absolute atomic E-state index is 0.00282. The van der Waals surface area contributed by atoms with Crippen LogP contribution in [0.15, 0.2) is 0 Å². The maximum absolute atomic E-state index is 12.6. The highest BCUT2D eigenvalue weighted by Crippen LogP contribution is 2.21. The van der Waals surface area contributed by atoms with Crippen LogP contribution in [0.3, 0.4) is 0 Å². The van der Waals surface area contributed by atoms with E-state index >= 15 is 0 Å². The molecule has 0 aliphatic carbocycles. The molecule has 2 heterocycles. The van der Waals surface area contributed by atoms with Crippen LogP contribution in [0.1, 0.15) is 25.7 Å². The highest BCUT2D eigenvalue weighted by molar-refractivity contribution is 5.84. The predicted molar refractivity (Wildman–Crippen MR) is 75.1 cm³/mol. The molecular weight excluding hydrogens is 258 g/mol. The molecule has 2 rings (SSSR count). The number of likely N-dealkylation sites (tertiary alicyclic amines) is 1. The molecule has 2 amide bonds. The second-order valence-corrected chi connectivity index (χ2v) is 5.83. The van der Waals surface area contributed by atoms with Crippen LogP contribution < -0.4 is 5.32 Å². The fraction of sp³-hybridized carbons (Fsp3) is 0.857. The quantitative estimate of drug-likeness (QED) is 0.724. The molecule has 0 aromatic rings. The Hall–Kier alpha value is -1.14. The SMILES string of the molecule is CN1CCC(N(CCO)C(=O)C2CCC(=O)NC2)CC1. The lowest BCUT2D eigenvalue weighted by Gasteiger charge is -2.39. The van der Waals surface area contributed by atoms with Gasteiger partial charge in [0.2, 0.25) is 11.8 Å². The first-order chi connectivity index (χ1) is 9.61. The zero-order valence-corrected chi connectivity index (χ0v) is 12.2. The highest BCUT2D eigenvalue weighted by atomic mass is 16.3. The molecule has 0 radical (unpaired) electrons. The van der Waals surface area contributed by atoms with Gasteiger partial charge < -0.3 is 20.2 Å². The van der Waals surface area contributed by atoms with Crippen molar-refractivity contribution in [3.05, 3.63) is 0 Å². The molecule has 0 aromatic carbocycles. The van der Waals surface area contributed by atoms with Gasteiger partial charge in [-0.2, -0.15) is 0 Å². The van der Waals surface area contributed by atoms with Crippen molar-refractivity contribution in [2.75, 3.05) is 39.8 Å². The average Bonchev–Trinajstić information content (AvgIpc) is 2.46. The zero-order chi connectivity index (χ0) is 14.5. The summed E-state index contributed by atoms with van der Waals surface area (Å²) in [5.74, 6) is -0.00504. The van der Waals surface area contributed by atoms with E-state index in [0.29, 0.717) is 25.9 Å². The number of amides is 2. The van der Waals surface area contributed by atoms with Crippen LogP contribution in [0.4, 0.5) is 0 Å². The third kappa shape index (κ3) is 3.70. The van der Waals surface area contributed by atoms with Gasteiger partial charge in [-0.25, -0.2) is 0 Å². The Bertz CT molecular complexity index is 344. The van der Waals surface area contributed by atoms with E-state index in [4.69, 9.17) is 0 Å². The lowest BCUT2D eigenvalue weighted by molar-refractivity contribution is -0.141. The molecule has 2 N–H and O–H groups in total. The van der Waals surface area contributed by atoms with E-state index in [9.17, 15) is 14.7 Å². The number of hydrogen-bond acceptors (Lipinski definition) is 4. The summed E-state index contributed by atoms with van der Waals surface area (Å²) in [5.41, 5.74) is 0. The molecule has 2 aliphatic rings. The third-order valence-electron chi connectivity index (χ3n) is 4.37. The number of aliphatic hydroxyl groups is 1. The summed E-state index contributed by atoms with van der Waals surface area (Å²) < 4.78 is 0. The molecule has 1 unspecified atom stereocenters. The Balaban J connectivity index is 1.96. The second-order valence-electron chi connectivity index (χ2n) is 5.83. The van der Waals surface area contributed by atoms with E-state index in [1.165, 1.54) is 0 Å². The van der Waals surface area contributed by atoms with Crippen molar-refractivity contribution in [2.45, 2.75) is 31.7 Å². The highest BCUT2D eigenvalue weighted by Gasteiger charge is 2.32. The van der Waals surface area contributed by atoms with Crippen molar-refractivity contribution >= 4 is 11.8 Å². The molecule has 0 saturated carbocycles. The van der Waals surface area contributed by atoms with E-state index in [2.05, 4.69) is 17.3 Å². The second kappa shape index (κ2) is 7.04. The number of aliphatic hydroxyl groups excluding tert-OH is 1. The molecule has 6 heteroatoms. The zero-order valence-electron chi connectivity index (χ0n) is 12.2. The van der Waals surface area contributed by atoms with E-state index in [1.807, 2.05) is 4.90 Å². The maximum atomic E-state index is 12.6.